The quantitative estimate of drug-likeness (QED) is 0.874. The smallest absolute Gasteiger partial charge is 0.379 e. The first-order valence-corrected chi connectivity index (χ1v) is 6.12. The molecule has 0 aliphatic heterocycles. The van der Waals surface area contributed by atoms with Crippen molar-refractivity contribution in [2.24, 2.45) is 5.73 Å². The summed E-state index contributed by atoms with van der Waals surface area (Å²) in [7, 11) is 0. The fourth-order valence-corrected chi connectivity index (χ4v) is 1.94. The van der Waals surface area contributed by atoms with Gasteiger partial charge >= 0.3 is 11.9 Å². The Kier molecular flexibility index (Phi) is 3.94. The fraction of sp³-hybridized carbons (Fsp3) is 0.286. The lowest BCUT2D eigenvalue weighted by Gasteiger charge is -2.22. The van der Waals surface area contributed by atoms with Crippen molar-refractivity contribution in [3.8, 4) is 0 Å². The average Bonchev–Trinajstić information content (AvgIpc) is 2.46. The predicted octanol–water partition coefficient (Wildman–Crippen LogP) is 2.43. The lowest BCUT2D eigenvalue weighted by Crippen LogP contribution is -2.41. The molecule has 20 heavy (non-hydrogen) atoms. The van der Waals surface area contributed by atoms with Crippen molar-refractivity contribution in [3.05, 3.63) is 42.1 Å². The van der Waals surface area contributed by atoms with E-state index in [2.05, 4.69) is 9.72 Å². The minimum absolute atomic E-state index is 0.127. The van der Waals surface area contributed by atoms with Crippen LogP contribution in [-0.4, -0.2) is 23.5 Å². The van der Waals surface area contributed by atoms with Gasteiger partial charge in [-0.2, -0.15) is 8.78 Å². The Bertz CT molecular complexity index is 626. The van der Waals surface area contributed by atoms with E-state index in [1.165, 1.54) is 19.2 Å². The van der Waals surface area contributed by atoms with E-state index in [1.807, 2.05) is 0 Å². The number of pyridine rings is 1. The van der Waals surface area contributed by atoms with E-state index in [9.17, 15) is 13.6 Å². The summed E-state index contributed by atoms with van der Waals surface area (Å²) in [5.74, 6) is -5.41. The zero-order valence-corrected chi connectivity index (χ0v) is 10.8. The van der Waals surface area contributed by atoms with E-state index in [0.29, 0.717) is 10.9 Å². The van der Waals surface area contributed by atoms with Gasteiger partial charge in [-0.15, -0.1) is 0 Å². The Morgan fingerprint density at radius 1 is 1.40 bits per heavy atom. The maximum absolute atomic E-state index is 14.0. The molecule has 0 spiro atoms. The van der Waals surface area contributed by atoms with Crippen LogP contribution in [0.3, 0.4) is 0 Å². The fourth-order valence-electron chi connectivity index (χ4n) is 1.94. The number of esters is 1. The first kappa shape index (κ1) is 14.3. The minimum atomic E-state index is -3.79. The van der Waals surface area contributed by atoms with Crippen LogP contribution < -0.4 is 5.73 Å². The molecule has 0 radical (unpaired) electrons. The molecule has 0 amide bonds. The van der Waals surface area contributed by atoms with Crippen molar-refractivity contribution in [1.82, 2.24) is 4.98 Å². The summed E-state index contributed by atoms with van der Waals surface area (Å²) in [5.41, 5.74) is 6.29. The zero-order valence-electron chi connectivity index (χ0n) is 10.8. The van der Waals surface area contributed by atoms with Crippen molar-refractivity contribution in [2.45, 2.75) is 18.9 Å². The van der Waals surface area contributed by atoms with E-state index in [1.54, 1.807) is 24.3 Å². The van der Waals surface area contributed by atoms with Gasteiger partial charge in [0.1, 0.15) is 6.04 Å². The number of para-hydroxylation sites is 1. The third kappa shape index (κ3) is 2.46. The lowest BCUT2D eigenvalue weighted by atomic mass is 9.98. The number of hydrogen-bond donors (Lipinski definition) is 1. The van der Waals surface area contributed by atoms with Crippen LogP contribution in [0.25, 0.3) is 10.9 Å². The molecule has 106 valence electrons. The van der Waals surface area contributed by atoms with E-state index in [4.69, 9.17) is 5.73 Å². The van der Waals surface area contributed by atoms with Crippen molar-refractivity contribution >= 4 is 16.9 Å². The van der Waals surface area contributed by atoms with Crippen LogP contribution >= 0.6 is 0 Å². The summed E-state index contributed by atoms with van der Waals surface area (Å²) >= 11 is 0. The van der Waals surface area contributed by atoms with Crippen LogP contribution in [0.2, 0.25) is 0 Å². The number of fused-ring (bicyclic) bond motifs is 1. The zero-order chi connectivity index (χ0) is 14.8. The van der Waals surface area contributed by atoms with Crippen LogP contribution in [0, 0.1) is 0 Å². The predicted molar refractivity (Wildman–Crippen MR) is 70.3 cm³/mol. The molecule has 6 heteroatoms. The van der Waals surface area contributed by atoms with Gasteiger partial charge < -0.3 is 10.5 Å². The van der Waals surface area contributed by atoms with Crippen molar-refractivity contribution in [2.75, 3.05) is 6.61 Å². The highest BCUT2D eigenvalue weighted by Crippen LogP contribution is 2.33. The standard InChI is InChI=1S/C14H14F2N2O2/c1-2-20-13(19)14(15,16)12(17)10-7-8-18-11-6-4-3-5-9(10)11/h3-8,12H,2,17H2,1H3/t12-/m1/s1. The summed E-state index contributed by atoms with van der Waals surface area (Å²) in [6.07, 6.45) is 1.39. The molecule has 2 N–H and O–H groups in total. The van der Waals surface area contributed by atoms with Gasteiger partial charge in [-0.25, -0.2) is 4.79 Å². The molecule has 2 aromatic rings. The Labute approximate surface area is 114 Å². The molecular weight excluding hydrogens is 266 g/mol. The Balaban J connectivity index is 2.45. The van der Waals surface area contributed by atoms with Gasteiger partial charge in [-0.1, -0.05) is 18.2 Å². The number of alkyl halides is 2. The molecule has 0 saturated heterocycles. The molecule has 4 nitrogen and oxygen atoms in total. The van der Waals surface area contributed by atoms with Crippen molar-refractivity contribution < 1.29 is 18.3 Å². The average molecular weight is 280 g/mol. The molecular formula is C14H14F2N2O2. The van der Waals surface area contributed by atoms with Gasteiger partial charge in [0.05, 0.1) is 12.1 Å². The molecule has 1 atom stereocenters. The first-order chi connectivity index (χ1) is 9.48. The number of ether oxygens (including phenoxy) is 1. The van der Waals surface area contributed by atoms with E-state index >= 15 is 0 Å². The highest BCUT2D eigenvalue weighted by atomic mass is 19.3. The summed E-state index contributed by atoms with van der Waals surface area (Å²) in [4.78, 5) is 15.4. The third-order valence-corrected chi connectivity index (χ3v) is 2.96. The normalized spacial score (nSPS) is 13.2. The van der Waals surface area contributed by atoms with Crippen LogP contribution in [-0.2, 0) is 9.53 Å². The SMILES string of the molecule is CCOC(=O)C(F)(F)[C@H](N)c1ccnc2ccccc12. The number of hydrogen-bond acceptors (Lipinski definition) is 4. The summed E-state index contributed by atoms with van der Waals surface area (Å²) in [6.45, 7) is 1.33. The Morgan fingerprint density at radius 2 is 2.10 bits per heavy atom. The number of aromatic nitrogens is 1. The molecule has 0 fully saturated rings. The van der Waals surface area contributed by atoms with Gasteiger partial charge in [0, 0.05) is 11.6 Å². The molecule has 1 heterocycles. The summed E-state index contributed by atoms with van der Waals surface area (Å²) < 4.78 is 32.4. The summed E-state index contributed by atoms with van der Waals surface area (Å²) in [5, 5.41) is 0.492. The maximum Gasteiger partial charge on any atom is 0.379 e. The van der Waals surface area contributed by atoms with Crippen molar-refractivity contribution in [3.63, 3.8) is 0 Å². The van der Waals surface area contributed by atoms with Crippen LogP contribution in [0.1, 0.15) is 18.5 Å². The number of nitrogens with zero attached hydrogens (tertiary/aromatic N) is 1. The van der Waals surface area contributed by atoms with Gasteiger partial charge in [0.2, 0.25) is 0 Å². The Morgan fingerprint density at radius 3 is 2.80 bits per heavy atom. The second-order valence-electron chi connectivity index (χ2n) is 4.24. The van der Waals surface area contributed by atoms with E-state index in [-0.39, 0.29) is 12.2 Å². The first-order valence-electron chi connectivity index (χ1n) is 6.12. The molecule has 0 aliphatic rings. The van der Waals surface area contributed by atoms with Gasteiger partial charge in [-0.05, 0) is 24.6 Å². The molecule has 0 unspecified atom stereocenters. The number of carbonyl (C=O) groups is 1. The van der Waals surface area contributed by atoms with E-state index in [0.717, 1.165) is 0 Å². The topological polar surface area (TPSA) is 65.2 Å². The second-order valence-corrected chi connectivity index (χ2v) is 4.24. The highest BCUT2D eigenvalue weighted by molar-refractivity contribution is 5.85. The lowest BCUT2D eigenvalue weighted by molar-refractivity contribution is -0.174. The molecule has 0 bridgehead atoms. The molecule has 1 aromatic carbocycles. The van der Waals surface area contributed by atoms with Crippen LogP contribution in [0.15, 0.2) is 36.5 Å². The van der Waals surface area contributed by atoms with Gasteiger partial charge in [0.15, 0.2) is 0 Å². The monoisotopic (exact) mass is 280 g/mol. The Hall–Kier alpha value is -2.08. The van der Waals surface area contributed by atoms with Crippen LogP contribution in [0.5, 0.6) is 0 Å². The van der Waals surface area contributed by atoms with Crippen LogP contribution in [0.4, 0.5) is 8.78 Å². The highest BCUT2D eigenvalue weighted by Gasteiger charge is 2.48. The second kappa shape index (κ2) is 5.50. The maximum atomic E-state index is 14.0. The van der Waals surface area contributed by atoms with Gasteiger partial charge in [0.25, 0.3) is 0 Å². The number of rotatable bonds is 4. The third-order valence-electron chi connectivity index (χ3n) is 2.96. The number of benzene rings is 1. The molecule has 0 saturated carbocycles. The van der Waals surface area contributed by atoms with Gasteiger partial charge in [-0.3, -0.25) is 4.98 Å². The number of nitrogens with two attached hydrogens (primary N) is 1. The molecule has 0 aliphatic carbocycles. The summed E-state index contributed by atoms with van der Waals surface area (Å²) in [6, 6.07) is 6.37. The van der Waals surface area contributed by atoms with E-state index < -0.39 is 17.9 Å². The molecule has 2 rings (SSSR count). The van der Waals surface area contributed by atoms with Crippen molar-refractivity contribution in [1.29, 1.82) is 0 Å². The number of halogens is 2. The minimum Gasteiger partial charge on any atom is -0.462 e. The number of carbonyl (C=O) groups excluding carboxylic acids is 1. The molecule has 1 aromatic heterocycles. The largest absolute Gasteiger partial charge is 0.462 e.